The number of benzene rings is 1. The largest absolute Gasteiger partial charge is 0.495 e. The van der Waals surface area contributed by atoms with Crippen molar-refractivity contribution in [3.63, 3.8) is 0 Å². The number of carbonyl (C=O) groups excluding carboxylic acids is 1. The fraction of sp³-hybridized carbons (Fsp3) is 0.462. The molecule has 0 spiro atoms. The predicted molar refractivity (Wildman–Crippen MR) is 74.3 cm³/mol. The Morgan fingerprint density at radius 3 is 2.53 bits per heavy atom. The van der Waals surface area contributed by atoms with E-state index in [1.165, 1.54) is 7.11 Å². The summed E-state index contributed by atoms with van der Waals surface area (Å²) < 4.78 is 15.2. The minimum atomic E-state index is -0.242. The van der Waals surface area contributed by atoms with Crippen molar-refractivity contribution in [3.8, 4) is 11.5 Å². The Labute approximate surface area is 117 Å². The number of nitrogens with one attached hydrogen (secondary N) is 1. The van der Waals surface area contributed by atoms with Gasteiger partial charge in [-0.25, -0.2) is 0 Å². The number of hydrogen-bond acceptors (Lipinski definition) is 5. The molecule has 0 fully saturated rings. The first-order chi connectivity index (χ1) is 9.12. The van der Waals surface area contributed by atoms with Crippen LogP contribution in [0.4, 0.5) is 5.69 Å². The van der Waals surface area contributed by atoms with E-state index in [2.05, 4.69) is 5.32 Å². The van der Waals surface area contributed by atoms with Crippen molar-refractivity contribution in [2.24, 2.45) is 0 Å². The van der Waals surface area contributed by atoms with Crippen molar-refractivity contribution in [2.45, 2.75) is 13.3 Å². The van der Waals surface area contributed by atoms with Crippen molar-refractivity contribution in [1.29, 1.82) is 0 Å². The first-order valence-corrected chi connectivity index (χ1v) is 6.31. The SMILES string of the molecule is CCOC(=O)CCNc1cc(Cl)c(OC)cc1OC. The Bertz CT molecular complexity index is 437. The second-order valence-electron chi connectivity index (χ2n) is 3.67. The van der Waals surface area contributed by atoms with Gasteiger partial charge in [-0.05, 0) is 13.0 Å². The fourth-order valence-corrected chi connectivity index (χ4v) is 1.77. The average Bonchev–Trinajstić information content (AvgIpc) is 2.39. The van der Waals surface area contributed by atoms with Gasteiger partial charge < -0.3 is 19.5 Å². The van der Waals surface area contributed by atoms with Gasteiger partial charge in [0.25, 0.3) is 0 Å². The van der Waals surface area contributed by atoms with Gasteiger partial charge in [0, 0.05) is 12.6 Å². The van der Waals surface area contributed by atoms with Crippen LogP contribution in [-0.4, -0.2) is 33.3 Å². The molecule has 0 unspecified atom stereocenters. The van der Waals surface area contributed by atoms with Gasteiger partial charge in [0.1, 0.15) is 11.5 Å². The minimum absolute atomic E-state index is 0.242. The smallest absolute Gasteiger partial charge is 0.307 e. The van der Waals surface area contributed by atoms with Crippen molar-refractivity contribution >= 4 is 23.3 Å². The third-order valence-corrected chi connectivity index (χ3v) is 2.72. The quantitative estimate of drug-likeness (QED) is 0.782. The Morgan fingerprint density at radius 2 is 1.95 bits per heavy atom. The van der Waals surface area contributed by atoms with Crippen LogP contribution in [-0.2, 0) is 9.53 Å². The van der Waals surface area contributed by atoms with Crippen LogP contribution >= 0.6 is 11.6 Å². The van der Waals surface area contributed by atoms with Gasteiger partial charge in [0.15, 0.2) is 0 Å². The molecule has 0 bridgehead atoms. The Balaban J connectivity index is 2.67. The van der Waals surface area contributed by atoms with Crippen LogP contribution in [0.25, 0.3) is 0 Å². The summed E-state index contributed by atoms with van der Waals surface area (Å²) in [7, 11) is 3.09. The van der Waals surface area contributed by atoms with Gasteiger partial charge in [-0.15, -0.1) is 0 Å². The Hall–Kier alpha value is -1.62. The molecule has 0 aliphatic carbocycles. The van der Waals surface area contributed by atoms with Crippen LogP contribution in [0.3, 0.4) is 0 Å². The van der Waals surface area contributed by atoms with Crippen molar-refractivity contribution in [3.05, 3.63) is 17.2 Å². The minimum Gasteiger partial charge on any atom is -0.495 e. The summed E-state index contributed by atoms with van der Waals surface area (Å²) in [6.45, 7) is 2.60. The fourth-order valence-electron chi connectivity index (χ4n) is 1.53. The maximum Gasteiger partial charge on any atom is 0.307 e. The maximum absolute atomic E-state index is 11.2. The van der Waals surface area contributed by atoms with E-state index in [1.54, 1.807) is 26.2 Å². The molecule has 0 heterocycles. The molecule has 0 atom stereocenters. The monoisotopic (exact) mass is 287 g/mol. The molecule has 0 radical (unpaired) electrons. The standard InChI is InChI=1S/C13H18ClNO4/c1-4-19-13(16)5-6-15-10-7-9(14)11(17-2)8-12(10)18-3/h7-8,15H,4-6H2,1-3H3. The van der Waals surface area contributed by atoms with E-state index in [9.17, 15) is 4.79 Å². The van der Waals surface area contributed by atoms with Gasteiger partial charge in [0.05, 0.1) is 38.0 Å². The van der Waals surface area contributed by atoms with E-state index in [1.807, 2.05) is 0 Å². The van der Waals surface area contributed by atoms with Crippen LogP contribution in [0.2, 0.25) is 5.02 Å². The van der Waals surface area contributed by atoms with Crippen LogP contribution in [0.15, 0.2) is 12.1 Å². The number of hydrogen-bond donors (Lipinski definition) is 1. The molecule has 0 aliphatic heterocycles. The lowest BCUT2D eigenvalue weighted by atomic mass is 10.2. The van der Waals surface area contributed by atoms with Crippen LogP contribution in [0, 0.1) is 0 Å². The first kappa shape index (κ1) is 15.4. The van der Waals surface area contributed by atoms with Gasteiger partial charge in [-0.3, -0.25) is 4.79 Å². The van der Waals surface area contributed by atoms with Crippen LogP contribution in [0.1, 0.15) is 13.3 Å². The maximum atomic E-state index is 11.2. The lowest BCUT2D eigenvalue weighted by Gasteiger charge is -2.13. The average molecular weight is 288 g/mol. The van der Waals surface area contributed by atoms with E-state index in [4.69, 9.17) is 25.8 Å². The van der Waals surface area contributed by atoms with E-state index >= 15 is 0 Å². The highest BCUT2D eigenvalue weighted by atomic mass is 35.5. The molecule has 19 heavy (non-hydrogen) atoms. The van der Waals surface area contributed by atoms with E-state index < -0.39 is 0 Å². The highest BCUT2D eigenvalue weighted by Crippen LogP contribution is 2.35. The Morgan fingerprint density at radius 1 is 1.26 bits per heavy atom. The third kappa shape index (κ3) is 4.52. The zero-order valence-electron chi connectivity index (χ0n) is 11.3. The van der Waals surface area contributed by atoms with Crippen molar-refractivity contribution < 1.29 is 19.0 Å². The summed E-state index contributed by atoms with van der Waals surface area (Å²) in [4.78, 5) is 11.2. The molecule has 1 rings (SSSR count). The number of anilines is 1. The number of ether oxygens (including phenoxy) is 3. The molecule has 0 saturated carbocycles. The van der Waals surface area contributed by atoms with Gasteiger partial charge >= 0.3 is 5.97 Å². The summed E-state index contributed by atoms with van der Waals surface area (Å²) in [6.07, 6.45) is 0.278. The second kappa shape index (κ2) is 7.74. The summed E-state index contributed by atoms with van der Waals surface area (Å²) in [6, 6.07) is 3.39. The predicted octanol–water partition coefficient (Wildman–Crippen LogP) is 2.72. The van der Waals surface area contributed by atoms with Gasteiger partial charge in [-0.2, -0.15) is 0 Å². The summed E-state index contributed by atoms with van der Waals surface area (Å²) in [5.41, 5.74) is 0.706. The Kier molecular flexibility index (Phi) is 6.29. The number of methoxy groups -OCH3 is 2. The normalized spacial score (nSPS) is 9.89. The zero-order chi connectivity index (χ0) is 14.3. The molecule has 1 aromatic carbocycles. The molecule has 0 aromatic heterocycles. The number of esters is 1. The highest BCUT2D eigenvalue weighted by molar-refractivity contribution is 6.32. The lowest BCUT2D eigenvalue weighted by Crippen LogP contribution is -2.11. The molecule has 5 nitrogen and oxygen atoms in total. The summed E-state index contributed by atoms with van der Waals surface area (Å²) >= 11 is 6.04. The van der Waals surface area contributed by atoms with Crippen molar-refractivity contribution in [1.82, 2.24) is 0 Å². The molecule has 1 N–H and O–H groups in total. The number of carbonyl (C=O) groups is 1. The van der Waals surface area contributed by atoms with E-state index in [0.717, 1.165) is 0 Å². The molecule has 6 heteroatoms. The molecule has 0 aliphatic rings. The topological polar surface area (TPSA) is 56.8 Å². The van der Waals surface area contributed by atoms with Gasteiger partial charge in [0.2, 0.25) is 0 Å². The van der Waals surface area contributed by atoms with Gasteiger partial charge in [-0.1, -0.05) is 11.6 Å². The zero-order valence-corrected chi connectivity index (χ0v) is 12.0. The molecule has 1 aromatic rings. The first-order valence-electron chi connectivity index (χ1n) is 5.93. The van der Waals surface area contributed by atoms with Crippen LogP contribution < -0.4 is 14.8 Å². The second-order valence-corrected chi connectivity index (χ2v) is 4.08. The van der Waals surface area contributed by atoms with Crippen molar-refractivity contribution in [2.75, 3.05) is 32.7 Å². The third-order valence-electron chi connectivity index (χ3n) is 2.42. The molecule has 106 valence electrons. The molecule has 0 saturated heterocycles. The summed E-state index contributed by atoms with van der Waals surface area (Å²) in [5, 5.41) is 3.55. The summed E-state index contributed by atoms with van der Waals surface area (Å²) in [5.74, 6) is 0.896. The van der Waals surface area contributed by atoms with E-state index in [-0.39, 0.29) is 12.4 Å². The number of rotatable bonds is 7. The molecule has 0 amide bonds. The lowest BCUT2D eigenvalue weighted by molar-refractivity contribution is -0.142. The van der Waals surface area contributed by atoms with E-state index in [0.29, 0.717) is 35.4 Å². The molecular formula is C13H18ClNO4. The van der Waals surface area contributed by atoms with Crippen LogP contribution in [0.5, 0.6) is 11.5 Å². The molecular weight excluding hydrogens is 270 g/mol. The highest BCUT2D eigenvalue weighted by Gasteiger charge is 2.10. The number of halogens is 1.